The molecule has 0 bridgehead atoms. The van der Waals surface area contributed by atoms with Gasteiger partial charge in [-0.3, -0.25) is 0 Å². The Labute approximate surface area is 117 Å². The predicted molar refractivity (Wildman–Crippen MR) is 76.3 cm³/mol. The molecule has 0 unspecified atom stereocenters. The maximum absolute atomic E-state index is 8.99. The van der Waals surface area contributed by atoms with E-state index in [1.165, 1.54) is 12.8 Å². The average molecular weight is 262 g/mol. The standard InChI is InChI=1S/C12H18N4.C3H8/c13-9-12(10-14)2-5-16(6-3-12)4-1-11-7-15-8-11;1-3-2/h11,15H,1-8H2;3H2,1-2H3. The monoisotopic (exact) mass is 262 g/mol. The molecule has 4 heteroatoms. The van der Waals surface area contributed by atoms with Crippen LogP contribution in [0.5, 0.6) is 0 Å². The summed E-state index contributed by atoms with van der Waals surface area (Å²) in [7, 11) is 0. The summed E-state index contributed by atoms with van der Waals surface area (Å²) in [5.74, 6) is 0.846. The van der Waals surface area contributed by atoms with Crippen LogP contribution < -0.4 is 5.32 Å². The first-order valence-corrected chi connectivity index (χ1v) is 7.45. The van der Waals surface area contributed by atoms with Crippen LogP contribution in [0.3, 0.4) is 0 Å². The van der Waals surface area contributed by atoms with Crippen LogP contribution in [-0.2, 0) is 0 Å². The third-order valence-corrected chi connectivity index (χ3v) is 3.86. The van der Waals surface area contributed by atoms with E-state index in [1.807, 2.05) is 0 Å². The van der Waals surface area contributed by atoms with Crippen LogP contribution >= 0.6 is 0 Å². The van der Waals surface area contributed by atoms with Gasteiger partial charge >= 0.3 is 0 Å². The Balaban J connectivity index is 0.000000550. The van der Waals surface area contributed by atoms with Crippen molar-refractivity contribution < 1.29 is 0 Å². The van der Waals surface area contributed by atoms with Crippen molar-refractivity contribution in [3.63, 3.8) is 0 Å². The van der Waals surface area contributed by atoms with Gasteiger partial charge in [-0.15, -0.1) is 0 Å². The van der Waals surface area contributed by atoms with Crippen molar-refractivity contribution in [3.05, 3.63) is 0 Å². The molecule has 0 aromatic heterocycles. The van der Waals surface area contributed by atoms with Gasteiger partial charge in [0.05, 0.1) is 12.1 Å². The summed E-state index contributed by atoms with van der Waals surface area (Å²) in [4.78, 5) is 2.39. The SMILES string of the molecule is CCC.N#CC1(C#N)CCN(CCC2CNC2)CC1. The van der Waals surface area contributed by atoms with Crippen LogP contribution in [0, 0.1) is 34.0 Å². The second kappa shape index (κ2) is 8.15. The van der Waals surface area contributed by atoms with E-state index in [4.69, 9.17) is 10.5 Å². The summed E-state index contributed by atoms with van der Waals surface area (Å²) < 4.78 is 0. The van der Waals surface area contributed by atoms with Gasteiger partial charge in [0.1, 0.15) is 5.41 Å². The summed E-state index contributed by atoms with van der Waals surface area (Å²) in [6.45, 7) is 9.50. The lowest BCUT2D eigenvalue weighted by Gasteiger charge is -2.35. The fourth-order valence-corrected chi connectivity index (χ4v) is 2.32. The molecule has 0 amide bonds. The van der Waals surface area contributed by atoms with Gasteiger partial charge in [-0.2, -0.15) is 10.5 Å². The third kappa shape index (κ3) is 4.82. The molecule has 0 atom stereocenters. The third-order valence-electron chi connectivity index (χ3n) is 3.86. The minimum absolute atomic E-state index is 0.700. The van der Waals surface area contributed by atoms with Crippen molar-refractivity contribution in [1.29, 1.82) is 10.5 Å². The number of hydrogen-bond donors (Lipinski definition) is 1. The van der Waals surface area contributed by atoms with Crippen LogP contribution in [0.2, 0.25) is 0 Å². The Bertz CT molecular complexity index is 311. The van der Waals surface area contributed by atoms with Crippen molar-refractivity contribution in [1.82, 2.24) is 10.2 Å². The number of nitrogens with zero attached hydrogens (tertiary/aromatic N) is 3. The number of hydrogen-bond acceptors (Lipinski definition) is 4. The Morgan fingerprint density at radius 1 is 1.16 bits per heavy atom. The van der Waals surface area contributed by atoms with E-state index < -0.39 is 5.41 Å². The van der Waals surface area contributed by atoms with E-state index >= 15 is 0 Å². The number of likely N-dealkylation sites (tertiary alicyclic amines) is 1. The lowest BCUT2D eigenvalue weighted by Crippen LogP contribution is -2.45. The van der Waals surface area contributed by atoms with Crippen molar-refractivity contribution in [2.75, 3.05) is 32.7 Å². The van der Waals surface area contributed by atoms with Gasteiger partial charge in [0.25, 0.3) is 0 Å². The van der Waals surface area contributed by atoms with Crippen LogP contribution in [0.15, 0.2) is 0 Å². The molecule has 2 saturated heterocycles. The van der Waals surface area contributed by atoms with Gasteiger partial charge in [0.15, 0.2) is 0 Å². The van der Waals surface area contributed by atoms with Crippen LogP contribution in [-0.4, -0.2) is 37.6 Å². The average Bonchev–Trinajstić information content (AvgIpc) is 2.39. The minimum atomic E-state index is -0.700. The van der Waals surface area contributed by atoms with E-state index in [-0.39, 0.29) is 0 Å². The second-order valence-electron chi connectivity index (χ2n) is 5.67. The summed E-state index contributed by atoms with van der Waals surface area (Å²) in [6.07, 6.45) is 3.92. The molecule has 2 aliphatic heterocycles. The fraction of sp³-hybridized carbons (Fsp3) is 0.867. The summed E-state index contributed by atoms with van der Waals surface area (Å²) in [5, 5.41) is 21.3. The Morgan fingerprint density at radius 3 is 2.05 bits per heavy atom. The molecule has 0 spiro atoms. The Kier molecular flexibility index (Phi) is 6.84. The summed E-state index contributed by atoms with van der Waals surface area (Å²) in [5.41, 5.74) is -0.700. The topological polar surface area (TPSA) is 62.9 Å². The first kappa shape index (κ1) is 16.0. The Hall–Kier alpha value is -1.10. The predicted octanol–water partition coefficient (Wildman–Crippen LogP) is 2.14. The molecule has 0 radical (unpaired) electrons. The van der Waals surface area contributed by atoms with E-state index in [9.17, 15) is 0 Å². The van der Waals surface area contributed by atoms with Crippen molar-refractivity contribution in [3.8, 4) is 12.1 Å². The lowest BCUT2D eigenvalue weighted by atomic mass is 9.81. The number of nitrogens with one attached hydrogen (secondary N) is 1. The highest BCUT2D eigenvalue weighted by Gasteiger charge is 2.34. The molecule has 19 heavy (non-hydrogen) atoms. The summed E-state index contributed by atoms with van der Waals surface area (Å²) in [6, 6.07) is 4.35. The number of piperidine rings is 1. The molecular formula is C15H26N4. The van der Waals surface area contributed by atoms with E-state index in [0.29, 0.717) is 12.8 Å². The normalized spacial score (nSPS) is 22.3. The molecule has 4 nitrogen and oxygen atoms in total. The molecule has 2 fully saturated rings. The minimum Gasteiger partial charge on any atom is -0.316 e. The Morgan fingerprint density at radius 2 is 1.68 bits per heavy atom. The van der Waals surface area contributed by atoms with Gasteiger partial charge in [-0.25, -0.2) is 0 Å². The molecule has 2 heterocycles. The molecular weight excluding hydrogens is 236 g/mol. The zero-order valence-electron chi connectivity index (χ0n) is 12.3. The maximum atomic E-state index is 8.99. The first-order chi connectivity index (χ1) is 9.19. The number of rotatable bonds is 3. The van der Waals surface area contributed by atoms with E-state index in [0.717, 1.165) is 38.6 Å². The van der Waals surface area contributed by atoms with Crippen LogP contribution in [0.1, 0.15) is 39.5 Å². The quantitative estimate of drug-likeness (QED) is 0.846. The highest BCUT2D eigenvalue weighted by Crippen LogP contribution is 2.29. The molecule has 1 N–H and O–H groups in total. The molecule has 0 aromatic carbocycles. The number of nitriles is 2. The molecule has 2 aliphatic rings. The van der Waals surface area contributed by atoms with E-state index in [1.54, 1.807) is 0 Å². The summed E-state index contributed by atoms with van der Waals surface area (Å²) >= 11 is 0. The van der Waals surface area contributed by atoms with Crippen LogP contribution in [0.4, 0.5) is 0 Å². The van der Waals surface area contributed by atoms with Crippen molar-refractivity contribution in [2.45, 2.75) is 39.5 Å². The zero-order chi connectivity index (χ0) is 14.1. The van der Waals surface area contributed by atoms with Crippen LogP contribution in [0.25, 0.3) is 0 Å². The van der Waals surface area contributed by atoms with Gasteiger partial charge in [0.2, 0.25) is 0 Å². The van der Waals surface area contributed by atoms with Crippen molar-refractivity contribution in [2.24, 2.45) is 11.3 Å². The molecule has 0 aliphatic carbocycles. The maximum Gasteiger partial charge on any atom is 0.146 e. The molecule has 0 saturated carbocycles. The fourth-order valence-electron chi connectivity index (χ4n) is 2.32. The largest absolute Gasteiger partial charge is 0.316 e. The van der Waals surface area contributed by atoms with Gasteiger partial charge in [-0.05, 0) is 44.8 Å². The van der Waals surface area contributed by atoms with Gasteiger partial charge in [-0.1, -0.05) is 20.3 Å². The highest BCUT2D eigenvalue weighted by atomic mass is 15.1. The van der Waals surface area contributed by atoms with Crippen molar-refractivity contribution >= 4 is 0 Å². The lowest BCUT2D eigenvalue weighted by molar-refractivity contribution is 0.158. The van der Waals surface area contributed by atoms with Gasteiger partial charge < -0.3 is 10.2 Å². The molecule has 0 aromatic rings. The first-order valence-electron chi connectivity index (χ1n) is 7.45. The zero-order valence-corrected chi connectivity index (χ0v) is 12.3. The van der Waals surface area contributed by atoms with Gasteiger partial charge in [0, 0.05) is 13.1 Å². The highest BCUT2D eigenvalue weighted by molar-refractivity contribution is 5.15. The molecule has 2 rings (SSSR count). The smallest absolute Gasteiger partial charge is 0.146 e. The molecule has 106 valence electrons. The van der Waals surface area contributed by atoms with E-state index in [2.05, 4.69) is 36.2 Å². The second-order valence-corrected chi connectivity index (χ2v) is 5.67.